The SMILES string of the molecule is O=C(CCc1ncc(-c2ccccc2Cl)o1)NCc1ccccn1. The second-order valence-corrected chi connectivity index (χ2v) is 5.60. The quantitative estimate of drug-likeness (QED) is 0.743. The van der Waals surface area contributed by atoms with Crippen molar-refractivity contribution < 1.29 is 9.21 Å². The number of pyridine rings is 1. The molecule has 0 aliphatic carbocycles. The van der Waals surface area contributed by atoms with E-state index in [1.807, 2.05) is 36.4 Å². The van der Waals surface area contributed by atoms with E-state index in [2.05, 4.69) is 15.3 Å². The zero-order chi connectivity index (χ0) is 16.8. The van der Waals surface area contributed by atoms with Crippen molar-refractivity contribution in [2.45, 2.75) is 19.4 Å². The normalized spacial score (nSPS) is 10.5. The number of carbonyl (C=O) groups excluding carboxylic acids is 1. The lowest BCUT2D eigenvalue weighted by molar-refractivity contribution is -0.121. The highest BCUT2D eigenvalue weighted by Gasteiger charge is 2.11. The van der Waals surface area contributed by atoms with Gasteiger partial charge in [-0.25, -0.2) is 4.98 Å². The standard InChI is InChI=1S/C18H16ClN3O2/c19-15-7-2-1-6-14(15)16-12-22-18(24-16)9-8-17(23)21-11-13-5-3-4-10-20-13/h1-7,10,12H,8-9,11H2,(H,21,23). The molecule has 0 spiro atoms. The largest absolute Gasteiger partial charge is 0.441 e. The van der Waals surface area contributed by atoms with E-state index >= 15 is 0 Å². The van der Waals surface area contributed by atoms with E-state index in [0.717, 1.165) is 11.3 Å². The number of aromatic nitrogens is 2. The molecular formula is C18H16ClN3O2. The van der Waals surface area contributed by atoms with Gasteiger partial charge in [-0.05, 0) is 24.3 Å². The van der Waals surface area contributed by atoms with Crippen molar-refractivity contribution in [2.75, 3.05) is 0 Å². The molecule has 1 aromatic carbocycles. The number of nitrogens with one attached hydrogen (secondary N) is 1. The molecule has 0 fully saturated rings. The Morgan fingerprint density at radius 3 is 2.75 bits per heavy atom. The number of nitrogens with zero attached hydrogens (tertiary/aromatic N) is 2. The summed E-state index contributed by atoms with van der Waals surface area (Å²) in [4.78, 5) is 20.3. The van der Waals surface area contributed by atoms with Crippen LogP contribution < -0.4 is 5.32 Å². The lowest BCUT2D eigenvalue weighted by atomic mass is 10.2. The van der Waals surface area contributed by atoms with Crippen molar-refractivity contribution in [3.8, 4) is 11.3 Å². The molecule has 1 amide bonds. The van der Waals surface area contributed by atoms with Gasteiger partial charge in [0.05, 0.1) is 23.5 Å². The first-order valence-corrected chi connectivity index (χ1v) is 7.96. The number of rotatable bonds is 6. The van der Waals surface area contributed by atoms with E-state index in [9.17, 15) is 4.79 Å². The van der Waals surface area contributed by atoms with Crippen LogP contribution in [0.5, 0.6) is 0 Å². The average molecular weight is 342 g/mol. The second kappa shape index (κ2) is 7.75. The molecule has 0 radical (unpaired) electrons. The van der Waals surface area contributed by atoms with Crippen LogP contribution in [0, 0.1) is 0 Å². The van der Waals surface area contributed by atoms with Gasteiger partial charge in [0.2, 0.25) is 5.91 Å². The first-order chi connectivity index (χ1) is 11.7. The fraction of sp³-hybridized carbons (Fsp3) is 0.167. The van der Waals surface area contributed by atoms with Crippen molar-refractivity contribution in [3.05, 3.63) is 71.5 Å². The van der Waals surface area contributed by atoms with Crippen LogP contribution in [-0.4, -0.2) is 15.9 Å². The Balaban J connectivity index is 1.52. The monoisotopic (exact) mass is 341 g/mol. The Morgan fingerprint density at radius 1 is 1.12 bits per heavy atom. The lowest BCUT2D eigenvalue weighted by Gasteiger charge is -2.03. The summed E-state index contributed by atoms with van der Waals surface area (Å²) < 4.78 is 5.68. The summed E-state index contributed by atoms with van der Waals surface area (Å²) >= 11 is 6.14. The Hall–Kier alpha value is -2.66. The van der Waals surface area contributed by atoms with Crippen LogP contribution in [0.25, 0.3) is 11.3 Å². The van der Waals surface area contributed by atoms with Gasteiger partial charge in [0.1, 0.15) is 0 Å². The molecule has 0 unspecified atom stereocenters. The molecule has 122 valence electrons. The lowest BCUT2D eigenvalue weighted by Crippen LogP contribution is -2.23. The van der Waals surface area contributed by atoms with E-state index in [-0.39, 0.29) is 5.91 Å². The van der Waals surface area contributed by atoms with E-state index in [1.54, 1.807) is 18.5 Å². The fourth-order valence-corrected chi connectivity index (χ4v) is 2.44. The summed E-state index contributed by atoms with van der Waals surface area (Å²) in [6.45, 7) is 0.413. The van der Waals surface area contributed by atoms with Crippen LogP contribution in [0.4, 0.5) is 0 Å². The van der Waals surface area contributed by atoms with Crippen LogP contribution in [0.2, 0.25) is 5.02 Å². The molecule has 0 aliphatic heterocycles. The molecular weight excluding hydrogens is 326 g/mol. The van der Waals surface area contributed by atoms with Crippen molar-refractivity contribution in [2.24, 2.45) is 0 Å². The summed E-state index contributed by atoms with van der Waals surface area (Å²) in [6.07, 6.45) is 4.06. The minimum Gasteiger partial charge on any atom is -0.441 e. The van der Waals surface area contributed by atoms with Gasteiger partial charge in [-0.3, -0.25) is 9.78 Å². The fourth-order valence-electron chi connectivity index (χ4n) is 2.21. The predicted molar refractivity (Wildman–Crippen MR) is 91.4 cm³/mol. The third kappa shape index (κ3) is 4.20. The molecule has 3 aromatic rings. The van der Waals surface area contributed by atoms with Crippen molar-refractivity contribution in [1.82, 2.24) is 15.3 Å². The van der Waals surface area contributed by atoms with Crippen LogP contribution in [0.1, 0.15) is 18.0 Å². The smallest absolute Gasteiger partial charge is 0.220 e. The highest BCUT2D eigenvalue weighted by Crippen LogP contribution is 2.28. The number of hydrogen-bond donors (Lipinski definition) is 1. The number of carbonyl (C=O) groups is 1. The van der Waals surface area contributed by atoms with Crippen molar-refractivity contribution in [3.63, 3.8) is 0 Å². The highest BCUT2D eigenvalue weighted by molar-refractivity contribution is 6.33. The van der Waals surface area contributed by atoms with Crippen LogP contribution in [0.3, 0.4) is 0 Å². The summed E-state index contributed by atoms with van der Waals surface area (Å²) in [7, 11) is 0. The topological polar surface area (TPSA) is 68.0 Å². The molecule has 24 heavy (non-hydrogen) atoms. The first-order valence-electron chi connectivity index (χ1n) is 7.58. The molecule has 2 aromatic heterocycles. The van der Waals surface area contributed by atoms with Gasteiger partial charge in [0.15, 0.2) is 11.7 Å². The molecule has 5 nitrogen and oxygen atoms in total. The van der Waals surface area contributed by atoms with E-state index in [4.69, 9.17) is 16.0 Å². The number of benzene rings is 1. The average Bonchev–Trinajstić information content (AvgIpc) is 3.08. The summed E-state index contributed by atoms with van der Waals surface area (Å²) in [5, 5.41) is 3.43. The summed E-state index contributed by atoms with van der Waals surface area (Å²) in [6, 6.07) is 13.0. The maximum absolute atomic E-state index is 11.9. The van der Waals surface area contributed by atoms with E-state index < -0.39 is 0 Å². The number of amides is 1. The van der Waals surface area contributed by atoms with Gasteiger partial charge in [-0.2, -0.15) is 0 Å². The van der Waals surface area contributed by atoms with E-state index in [1.165, 1.54) is 0 Å². The first kappa shape index (κ1) is 16.2. The molecule has 1 N–H and O–H groups in total. The van der Waals surface area contributed by atoms with Gasteiger partial charge in [0.25, 0.3) is 0 Å². The molecule has 0 saturated heterocycles. The molecule has 0 atom stereocenters. The summed E-state index contributed by atoms with van der Waals surface area (Å²) in [5.41, 5.74) is 1.61. The molecule has 3 rings (SSSR count). The molecule has 6 heteroatoms. The highest BCUT2D eigenvalue weighted by atomic mass is 35.5. The molecule has 0 bridgehead atoms. The Bertz CT molecular complexity index is 818. The van der Waals surface area contributed by atoms with Gasteiger partial charge >= 0.3 is 0 Å². The Kier molecular flexibility index (Phi) is 5.23. The van der Waals surface area contributed by atoms with Crippen molar-refractivity contribution >= 4 is 17.5 Å². The maximum atomic E-state index is 11.9. The maximum Gasteiger partial charge on any atom is 0.220 e. The van der Waals surface area contributed by atoms with Crippen molar-refractivity contribution in [1.29, 1.82) is 0 Å². The Morgan fingerprint density at radius 2 is 1.96 bits per heavy atom. The molecule has 0 saturated carbocycles. The van der Waals surface area contributed by atoms with Gasteiger partial charge in [-0.15, -0.1) is 0 Å². The van der Waals surface area contributed by atoms with Crippen LogP contribution in [0.15, 0.2) is 59.3 Å². The molecule has 2 heterocycles. The minimum absolute atomic E-state index is 0.0712. The number of hydrogen-bond acceptors (Lipinski definition) is 4. The van der Waals surface area contributed by atoms with E-state index in [0.29, 0.717) is 36.1 Å². The predicted octanol–water partition coefficient (Wildman–Crippen LogP) is 3.64. The van der Waals surface area contributed by atoms with Crippen LogP contribution >= 0.6 is 11.6 Å². The van der Waals surface area contributed by atoms with Gasteiger partial charge in [-0.1, -0.05) is 29.8 Å². The summed E-state index contributed by atoms with van der Waals surface area (Å²) in [5.74, 6) is 1.04. The number of halogens is 1. The second-order valence-electron chi connectivity index (χ2n) is 5.20. The van der Waals surface area contributed by atoms with Gasteiger partial charge in [0, 0.05) is 24.6 Å². The molecule has 0 aliphatic rings. The third-order valence-electron chi connectivity index (χ3n) is 3.45. The number of oxazole rings is 1. The van der Waals surface area contributed by atoms with Gasteiger partial charge < -0.3 is 9.73 Å². The number of aryl methyl sites for hydroxylation is 1. The third-order valence-corrected chi connectivity index (χ3v) is 3.78. The minimum atomic E-state index is -0.0712. The van der Waals surface area contributed by atoms with Crippen LogP contribution in [-0.2, 0) is 17.8 Å². The Labute approximate surface area is 144 Å². The zero-order valence-corrected chi connectivity index (χ0v) is 13.7. The zero-order valence-electron chi connectivity index (χ0n) is 12.9.